The fraction of sp³-hybridized carbons (Fsp3) is 0.167. The van der Waals surface area contributed by atoms with E-state index in [0.29, 0.717) is 17.3 Å². The maximum Gasteiger partial charge on any atom is 0.128 e. The van der Waals surface area contributed by atoms with Crippen LogP contribution in [0.15, 0.2) is 42.5 Å². The van der Waals surface area contributed by atoms with E-state index in [1.54, 1.807) is 0 Å². The van der Waals surface area contributed by atoms with Gasteiger partial charge >= 0.3 is 0 Å². The predicted octanol–water partition coefficient (Wildman–Crippen LogP) is 4.83. The average Bonchev–Trinajstić information content (AvgIpc) is 2.75. The van der Waals surface area contributed by atoms with Gasteiger partial charge in [-0.25, -0.2) is 0 Å². The minimum atomic E-state index is 0.516. The van der Waals surface area contributed by atoms with Crippen molar-refractivity contribution in [2.24, 2.45) is 0 Å². The van der Waals surface area contributed by atoms with Gasteiger partial charge in [-0.2, -0.15) is 5.26 Å². The van der Waals surface area contributed by atoms with Crippen LogP contribution in [0, 0.1) is 25.2 Å². The summed E-state index contributed by atoms with van der Waals surface area (Å²) in [5, 5.41) is 10.8. The zero-order chi connectivity index (χ0) is 15.0. The monoisotopic (exact) mass is 294 g/mol. The van der Waals surface area contributed by atoms with Crippen molar-refractivity contribution < 1.29 is 0 Å². The van der Waals surface area contributed by atoms with Gasteiger partial charge in [-0.1, -0.05) is 59.6 Å². The lowest BCUT2D eigenvalue weighted by molar-refractivity contribution is 0.834. The molecule has 1 aromatic heterocycles. The molecular formula is C18H15ClN2. The van der Waals surface area contributed by atoms with Gasteiger partial charge in [-0.15, -0.1) is 0 Å². The van der Waals surface area contributed by atoms with Crippen LogP contribution < -0.4 is 0 Å². The number of fused-ring (bicyclic) bond motifs is 1. The highest BCUT2D eigenvalue weighted by Crippen LogP contribution is 2.32. The first-order chi connectivity index (χ1) is 10.1. The highest BCUT2D eigenvalue weighted by Gasteiger charge is 2.16. The van der Waals surface area contributed by atoms with Gasteiger partial charge in [0.2, 0.25) is 0 Å². The van der Waals surface area contributed by atoms with Gasteiger partial charge in [0.1, 0.15) is 11.2 Å². The Hall–Kier alpha value is -2.24. The van der Waals surface area contributed by atoms with Crippen molar-refractivity contribution in [2.75, 3.05) is 0 Å². The van der Waals surface area contributed by atoms with Crippen LogP contribution in [0.2, 0.25) is 5.15 Å². The van der Waals surface area contributed by atoms with E-state index < -0.39 is 0 Å². The molecule has 0 radical (unpaired) electrons. The number of para-hydroxylation sites is 1. The smallest absolute Gasteiger partial charge is 0.128 e. The zero-order valence-electron chi connectivity index (χ0n) is 12.0. The summed E-state index contributed by atoms with van der Waals surface area (Å²) in [6, 6.07) is 16.6. The Morgan fingerprint density at radius 1 is 1.10 bits per heavy atom. The summed E-state index contributed by atoms with van der Waals surface area (Å²) in [5.41, 5.74) is 5.13. The lowest BCUT2D eigenvalue weighted by Gasteiger charge is -2.09. The second-order valence-corrected chi connectivity index (χ2v) is 5.68. The SMILES string of the molecule is Cc1ccc(Cn2c(Cl)c(C#N)c3cccc(C)c32)cc1. The molecule has 104 valence electrons. The molecule has 0 aliphatic carbocycles. The molecule has 0 amide bonds. The van der Waals surface area contributed by atoms with Crippen molar-refractivity contribution in [3.05, 3.63) is 69.9 Å². The summed E-state index contributed by atoms with van der Waals surface area (Å²) >= 11 is 6.45. The first-order valence-corrected chi connectivity index (χ1v) is 7.22. The van der Waals surface area contributed by atoms with Crippen molar-refractivity contribution in [1.82, 2.24) is 4.57 Å². The second-order valence-electron chi connectivity index (χ2n) is 5.32. The molecule has 3 rings (SSSR count). The molecule has 3 aromatic rings. The molecule has 0 N–H and O–H groups in total. The average molecular weight is 295 g/mol. The number of aromatic nitrogens is 1. The van der Waals surface area contributed by atoms with E-state index in [1.807, 2.05) is 29.7 Å². The molecule has 21 heavy (non-hydrogen) atoms. The van der Waals surface area contributed by atoms with Crippen molar-refractivity contribution in [3.63, 3.8) is 0 Å². The minimum Gasteiger partial charge on any atom is -0.326 e. The van der Waals surface area contributed by atoms with E-state index in [9.17, 15) is 5.26 Å². The van der Waals surface area contributed by atoms with Gasteiger partial charge in [-0.3, -0.25) is 0 Å². The number of nitriles is 1. The normalized spacial score (nSPS) is 10.8. The summed E-state index contributed by atoms with van der Waals surface area (Å²) in [6.45, 7) is 4.79. The van der Waals surface area contributed by atoms with E-state index >= 15 is 0 Å². The Morgan fingerprint density at radius 3 is 2.48 bits per heavy atom. The number of hydrogen-bond acceptors (Lipinski definition) is 1. The van der Waals surface area contributed by atoms with Gasteiger partial charge in [0, 0.05) is 11.9 Å². The van der Waals surface area contributed by atoms with Gasteiger partial charge in [0.15, 0.2) is 0 Å². The molecule has 2 nitrogen and oxygen atoms in total. The molecule has 2 aromatic carbocycles. The number of halogens is 1. The lowest BCUT2D eigenvalue weighted by atomic mass is 10.1. The first kappa shape index (κ1) is 13.7. The second kappa shape index (κ2) is 5.27. The van der Waals surface area contributed by atoms with Crippen molar-refractivity contribution >= 4 is 22.5 Å². The standard InChI is InChI=1S/C18H15ClN2/c1-12-6-8-14(9-7-12)11-21-17-13(2)4-3-5-15(17)16(10-20)18(21)19/h3-9H,11H2,1-2H3. The van der Waals surface area contributed by atoms with E-state index in [4.69, 9.17) is 11.6 Å². The molecule has 0 aliphatic heterocycles. The molecule has 0 bridgehead atoms. The van der Waals surface area contributed by atoms with Crippen LogP contribution in [0.1, 0.15) is 22.3 Å². The third-order valence-electron chi connectivity index (χ3n) is 3.79. The molecule has 0 spiro atoms. The van der Waals surface area contributed by atoms with Gasteiger partial charge in [-0.05, 0) is 25.0 Å². The van der Waals surface area contributed by atoms with Crippen LogP contribution in [-0.2, 0) is 6.54 Å². The van der Waals surface area contributed by atoms with Crippen molar-refractivity contribution in [2.45, 2.75) is 20.4 Å². The van der Waals surface area contributed by atoms with E-state index in [1.165, 1.54) is 11.1 Å². The Bertz CT molecular complexity index is 852. The molecule has 0 saturated carbocycles. The minimum absolute atomic E-state index is 0.516. The quantitative estimate of drug-likeness (QED) is 0.665. The number of hydrogen-bond donors (Lipinski definition) is 0. The van der Waals surface area contributed by atoms with E-state index in [2.05, 4.69) is 37.3 Å². The lowest BCUT2D eigenvalue weighted by Crippen LogP contribution is -2.00. The Labute approximate surface area is 129 Å². The van der Waals surface area contributed by atoms with Gasteiger partial charge in [0.25, 0.3) is 0 Å². The molecule has 0 fully saturated rings. The fourth-order valence-corrected chi connectivity index (χ4v) is 2.98. The van der Waals surface area contributed by atoms with Crippen LogP contribution in [0.4, 0.5) is 0 Å². The first-order valence-electron chi connectivity index (χ1n) is 6.84. The van der Waals surface area contributed by atoms with Gasteiger partial charge in [0.05, 0.1) is 11.1 Å². The van der Waals surface area contributed by atoms with Crippen molar-refractivity contribution in [3.8, 4) is 6.07 Å². The Balaban J connectivity index is 2.20. The predicted molar refractivity (Wildman–Crippen MR) is 86.7 cm³/mol. The largest absolute Gasteiger partial charge is 0.326 e. The van der Waals surface area contributed by atoms with Crippen LogP contribution in [0.3, 0.4) is 0 Å². The molecule has 0 atom stereocenters. The highest BCUT2D eigenvalue weighted by atomic mass is 35.5. The van der Waals surface area contributed by atoms with Crippen LogP contribution in [-0.4, -0.2) is 4.57 Å². The highest BCUT2D eigenvalue weighted by molar-refractivity contribution is 6.32. The third-order valence-corrected chi connectivity index (χ3v) is 4.19. The summed E-state index contributed by atoms with van der Waals surface area (Å²) in [7, 11) is 0. The third kappa shape index (κ3) is 2.30. The van der Waals surface area contributed by atoms with Crippen molar-refractivity contribution in [1.29, 1.82) is 5.26 Å². The maximum atomic E-state index is 9.38. The fourth-order valence-electron chi connectivity index (χ4n) is 2.69. The van der Waals surface area contributed by atoms with E-state index in [-0.39, 0.29) is 0 Å². The Kier molecular flexibility index (Phi) is 3.45. The molecular weight excluding hydrogens is 280 g/mol. The number of benzene rings is 2. The molecule has 0 aliphatic rings. The number of rotatable bonds is 2. The Morgan fingerprint density at radius 2 is 1.81 bits per heavy atom. The molecule has 3 heteroatoms. The number of aryl methyl sites for hydroxylation is 2. The van der Waals surface area contributed by atoms with E-state index in [0.717, 1.165) is 16.5 Å². The zero-order valence-corrected chi connectivity index (χ0v) is 12.8. The number of nitrogens with zero attached hydrogens (tertiary/aromatic N) is 2. The molecule has 1 heterocycles. The van der Waals surface area contributed by atoms with Crippen LogP contribution in [0.25, 0.3) is 10.9 Å². The summed E-state index contributed by atoms with van der Waals surface area (Å²) in [6.07, 6.45) is 0. The topological polar surface area (TPSA) is 28.7 Å². The molecule has 0 unspecified atom stereocenters. The molecule has 0 saturated heterocycles. The summed E-state index contributed by atoms with van der Waals surface area (Å²) < 4.78 is 2.02. The summed E-state index contributed by atoms with van der Waals surface area (Å²) in [5.74, 6) is 0. The van der Waals surface area contributed by atoms with Crippen LogP contribution >= 0.6 is 11.6 Å². The maximum absolute atomic E-state index is 9.38. The van der Waals surface area contributed by atoms with Gasteiger partial charge < -0.3 is 4.57 Å². The summed E-state index contributed by atoms with van der Waals surface area (Å²) in [4.78, 5) is 0. The van der Waals surface area contributed by atoms with Crippen LogP contribution in [0.5, 0.6) is 0 Å².